The molecule has 26 heavy (non-hydrogen) atoms. The highest BCUT2D eigenvalue weighted by Gasteiger charge is 2.28. The smallest absolute Gasteiger partial charge is 0.273 e. The van der Waals surface area contributed by atoms with E-state index in [-0.39, 0.29) is 0 Å². The molecule has 0 aliphatic heterocycles. The number of aryl methyl sites for hydroxylation is 1. The fourth-order valence-corrected chi connectivity index (χ4v) is 2.30. The van der Waals surface area contributed by atoms with E-state index in [2.05, 4.69) is 25.6 Å². The van der Waals surface area contributed by atoms with Crippen molar-refractivity contribution in [2.45, 2.75) is 32.7 Å². The maximum atomic E-state index is 13.6. The van der Waals surface area contributed by atoms with Crippen LogP contribution in [0.15, 0.2) is 36.8 Å². The van der Waals surface area contributed by atoms with Crippen molar-refractivity contribution in [3.8, 4) is 5.69 Å². The molecule has 0 fully saturated rings. The third-order valence-corrected chi connectivity index (χ3v) is 3.77. The second-order valence-electron chi connectivity index (χ2n) is 5.83. The Balaban J connectivity index is 1.73. The van der Waals surface area contributed by atoms with Crippen LogP contribution < -0.4 is 5.32 Å². The minimum Gasteiger partial charge on any atom is -0.348 e. The average Bonchev–Trinajstić information content (AvgIpc) is 3.09. The van der Waals surface area contributed by atoms with Gasteiger partial charge in [-0.15, -0.1) is 5.10 Å². The fraction of sp³-hybridized carbons (Fsp3) is 0.294. The minimum absolute atomic E-state index is 0.297. The second kappa shape index (κ2) is 7.11. The monoisotopic (exact) mass is 362 g/mol. The lowest BCUT2D eigenvalue weighted by Gasteiger charge is -2.12. The van der Waals surface area contributed by atoms with Crippen LogP contribution >= 0.6 is 0 Å². The SMILES string of the molecule is CCc1cnc(NCc2cn(-c3ccc(F)c(C(C)(F)F)c3)nn2)nc1. The Morgan fingerprint density at radius 3 is 2.58 bits per heavy atom. The molecule has 0 amide bonds. The summed E-state index contributed by atoms with van der Waals surface area (Å²) < 4.78 is 41.9. The summed E-state index contributed by atoms with van der Waals surface area (Å²) in [5.74, 6) is -3.80. The minimum atomic E-state index is -3.28. The van der Waals surface area contributed by atoms with Gasteiger partial charge in [-0.3, -0.25) is 0 Å². The van der Waals surface area contributed by atoms with Crippen LogP contribution in [0.4, 0.5) is 19.1 Å². The van der Waals surface area contributed by atoms with E-state index in [1.165, 1.54) is 10.7 Å². The molecule has 0 unspecified atom stereocenters. The Hall–Kier alpha value is -2.97. The van der Waals surface area contributed by atoms with Gasteiger partial charge in [0.05, 0.1) is 24.0 Å². The van der Waals surface area contributed by atoms with Gasteiger partial charge >= 0.3 is 0 Å². The van der Waals surface area contributed by atoms with Crippen LogP contribution in [-0.2, 0) is 18.9 Å². The lowest BCUT2D eigenvalue weighted by Crippen LogP contribution is -2.11. The highest BCUT2D eigenvalue weighted by atomic mass is 19.3. The molecule has 0 aliphatic rings. The van der Waals surface area contributed by atoms with Crippen molar-refractivity contribution in [2.24, 2.45) is 0 Å². The number of anilines is 1. The average molecular weight is 362 g/mol. The lowest BCUT2D eigenvalue weighted by molar-refractivity contribution is 0.0137. The zero-order chi connectivity index (χ0) is 18.7. The summed E-state index contributed by atoms with van der Waals surface area (Å²) in [5.41, 5.74) is 1.20. The molecule has 0 saturated carbocycles. The molecular weight excluding hydrogens is 345 g/mol. The molecule has 2 aromatic heterocycles. The van der Waals surface area contributed by atoms with Crippen molar-refractivity contribution < 1.29 is 13.2 Å². The van der Waals surface area contributed by atoms with Crippen molar-refractivity contribution >= 4 is 5.95 Å². The van der Waals surface area contributed by atoms with Crippen molar-refractivity contribution in [3.05, 3.63) is 59.4 Å². The van der Waals surface area contributed by atoms with E-state index in [1.807, 2.05) is 6.92 Å². The van der Waals surface area contributed by atoms with Crippen LogP contribution in [0, 0.1) is 5.82 Å². The molecule has 136 valence electrons. The number of halogens is 3. The Morgan fingerprint density at radius 1 is 1.19 bits per heavy atom. The molecule has 1 N–H and O–H groups in total. The third-order valence-electron chi connectivity index (χ3n) is 3.77. The standard InChI is InChI=1S/C17H17F3N6/c1-3-11-7-21-16(22-8-11)23-9-12-10-26(25-24-12)13-4-5-15(18)14(6-13)17(2,19)20/h4-8,10H,3,9H2,1-2H3,(H,21,22,23). The Kier molecular flexibility index (Phi) is 4.88. The van der Waals surface area contributed by atoms with E-state index in [4.69, 9.17) is 0 Å². The first-order valence-electron chi connectivity index (χ1n) is 8.01. The largest absolute Gasteiger partial charge is 0.348 e. The van der Waals surface area contributed by atoms with Gasteiger partial charge in [-0.2, -0.15) is 0 Å². The van der Waals surface area contributed by atoms with Gasteiger partial charge < -0.3 is 5.32 Å². The van der Waals surface area contributed by atoms with Crippen molar-refractivity contribution in [1.82, 2.24) is 25.0 Å². The van der Waals surface area contributed by atoms with Crippen molar-refractivity contribution in [2.75, 3.05) is 5.32 Å². The number of nitrogens with zero attached hydrogens (tertiary/aromatic N) is 5. The van der Waals surface area contributed by atoms with Gasteiger partial charge in [-0.25, -0.2) is 27.8 Å². The van der Waals surface area contributed by atoms with E-state index in [1.54, 1.807) is 18.6 Å². The first kappa shape index (κ1) is 17.8. The van der Waals surface area contributed by atoms with Crippen molar-refractivity contribution in [1.29, 1.82) is 0 Å². The van der Waals surface area contributed by atoms with E-state index < -0.39 is 17.3 Å². The molecule has 0 atom stereocenters. The van der Waals surface area contributed by atoms with Gasteiger partial charge in [0.25, 0.3) is 5.92 Å². The van der Waals surface area contributed by atoms with Gasteiger partial charge in [-0.1, -0.05) is 12.1 Å². The predicted molar refractivity (Wildman–Crippen MR) is 89.6 cm³/mol. The summed E-state index contributed by atoms with van der Waals surface area (Å²) >= 11 is 0. The number of rotatable bonds is 6. The molecule has 0 radical (unpaired) electrons. The normalized spacial score (nSPS) is 11.6. The molecule has 2 heterocycles. The molecule has 0 bridgehead atoms. The Bertz CT molecular complexity index is 886. The topological polar surface area (TPSA) is 68.5 Å². The molecule has 1 aromatic carbocycles. The van der Waals surface area contributed by atoms with Gasteiger partial charge in [0, 0.05) is 19.3 Å². The van der Waals surface area contributed by atoms with Crippen LogP contribution in [0.2, 0.25) is 0 Å². The van der Waals surface area contributed by atoms with E-state index in [9.17, 15) is 13.2 Å². The Labute approximate surface area is 148 Å². The highest BCUT2D eigenvalue weighted by Crippen LogP contribution is 2.30. The molecule has 0 spiro atoms. The van der Waals surface area contributed by atoms with Crippen LogP contribution in [0.1, 0.15) is 30.7 Å². The molecule has 0 saturated heterocycles. The number of aromatic nitrogens is 5. The maximum absolute atomic E-state index is 13.6. The van der Waals surface area contributed by atoms with Crippen LogP contribution in [-0.4, -0.2) is 25.0 Å². The summed E-state index contributed by atoms with van der Waals surface area (Å²) in [6, 6.07) is 3.42. The van der Waals surface area contributed by atoms with E-state index in [0.29, 0.717) is 30.8 Å². The molecular formula is C17H17F3N6. The van der Waals surface area contributed by atoms with Crippen LogP contribution in [0.25, 0.3) is 5.69 Å². The van der Waals surface area contributed by atoms with Crippen molar-refractivity contribution in [3.63, 3.8) is 0 Å². The molecule has 3 rings (SSSR count). The second-order valence-corrected chi connectivity index (χ2v) is 5.83. The van der Waals surface area contributed by atoms with Crippen LogP contribution in [0.3, 0.4) is 0 Å². The molecule has 9 heteroatoms. The quantitative estimate of drug-likeness (QED) is 0.727. The van der Waals surface area contributed by atoms with Crippen LogP contribution in [0.5, 0.6) is 0 Å². The number of benzene rings is 1. The third kappa shape index (κ3) is 3.98. The number of nitrogens with one attached hydrogen (secondary N) is 1. The van der Waals surface area contributed by atoms with Gasteiger partial charge in [0.2, 0.25) is 5.95 Å². The number of alkyl halides is 2. The summed E-state index contributed by atoms with van der Waals surface area (Å²) in [6.07, 6.45) is 5.89. The summed E-state index contributed by atoms with van der Waals surface area (Å²) in [7, 11) is 0. The van der Waals surface area contributed by atoms with E-state index >= 15 is 0 Å². The number of hydrogen-bond acceptors (Lipinski definition) is 5. The fourth-order valence-electron chi connectivity index (χ4n) is 2.30. The summed E-state index contributed by atoms with van der Waals surface area (Å²) in [5, 5.41) is 10.9. The van der Waals surface area contributed by atoms with Gasteiger partial charge in [-0.05, 0) is 30.2 Å². The summed E-state index contributed by atoms with van der Waals surface area (Å²) in [4.78, 5) is 8.35. The lowest BCUT2D eigenvalue weighted by atomic mass is 10.1. The molecule has 0 aliphatic carbocycles. The van der Waals surface area contributed by atoms with Gasteiger partial charge in [0.1, 0.15) is 11.5 Å². The van der Waals surface area contributed by atoms with E-state index in [0.717, 1.165) is 24.1 Å². The van der Waals surface area contributed by atoms with Gasteiger partial charge in [0.15, 0.2) is 0 Å². The summed E-state index contributed by atoms with van der Waals surface area (Å²) in [6.45, 7) is 2.97. The molecule has 3 aromatic rings. The maximum Gasteiger partial charge on any atom is 0.273 e. The first-order valence-corrected chi connectivity index (χ1v) is 8.01. The molecule has 6 nitrogen and oxygen atoms in total. The number of hydrogen-bond donors (Lipinski definition) is 1. The Morgan fingerprint density at radius 2 is 1.92 bits per heavy atom. The highest BCUT2D eigenvalue weighted by molar-refractivity contribution is 5.38. The first-order chi connectivity index (χ1) is 12.4. The zero-order valence-corrected chi connectivity index (χ0v) is 14.2. The predicted octanol–water partition coefficient (Wildman–Crippen LogP) is 3.48. The zero-order valence-electron chi connectivity index (χ0n) is 14.2.